The maximum Gasteiger partial charge on any atom is 0.245 e. The summed E-state index contributed by atoms with van der Waals surface area (Å²) in [6.07, 6.45) is 0. The molecule has 0 aliphatic rings. The second-order valence-corrected chi connectivity index (χ2v) is 6.31. The highest BCUT2D eigenvalue weighted by Gasteiger charge is 2.23. The first-order valence-electron chi connectivity index (χ1n) is 6.78. The lowest BCUT2D eigenvalue weighted by Crippen LogP contribution is -2.31. The Morgan fingerprint density at radius 2 is 1.73 bits per heavy atom. The van der Waals surface area contributed by atoms with E-state index in [9.17, 15) is 9.59 Å². The van der Waals surface area contributed by atoms with Gasteiger partial charge >= 0.3 is 0 Å². The van der Waals surface area contributed by atoms with E-state index in [0.717, 1.165) is 5.56 Å². The molecule has 0 saturated carbocycles. The van der Waals surface area contributed by atoms with E-state index >= 15 is 0 Å². The Bertz CT molecular complexity index is 643. The second kappa shape index (κ2) is 8.01. The molecule has 0 aliphatic carbocycles. The summed E-state index contributed by atoms with van der Waals surface area (Å²) in [5.41, 5.74) is 1.71. The van der Waals surface area contributed by atoms with Gasteiger partial charge in [0.25, 0.3) is 0 Å². The number of Topliss-reactive ketones (excluding diaryl/α,β-unsaturated/α-hetero) is 1. The van der Waals surface area contributed by atoms with Crippen LogP contribution in [0.15, 0.2) is 54.6 Å². The number of hydrogen-bond acceptors (Lipinski definition) is 3. The lowest BCUT2D eigenvalue weighted by atomic mass is 10.2. The fraction of sp³-hybridized carbons (Fsp3) is 0.176. The second-order valence-electron chi connectivity index (χ2n) is 4.78. The molecule has 3 nitrogen and oxygen atoms in total. The van der Waals surface area contributed by atoms with Gasteiger partial charge in [-0.3, -0.25) is 9.59 Å². The molecule has 0 spiro atoms. The van der Waals surface area contributed by atoms with Gasteiger partial charge in [-0.25, -0.2) is 0 Å². The highest BCUT2D eigenvalue weighted by Crippen LogP contribution is 2.21. The van der Waals surface area contributed by atoms with Gasteiger partial charge in [-0.1, -0.05) is 41.9 Å². The molecule has 0 bridgehead atoms. The van der Waals surface area contributed by atoms with Gasteiger partial charge in [0.2, 0.25) is 5.91 Å². The van der Waals surface area contributed by atoms with E-state index in [0.29, 0.717) is 16.5 Å². The number of anilines is 1. The minimum Gasteiger partial charge on any atom is -0.325 e. The summed E-state index contributed by atoms with van der Waals surface area (Å²) in [5.74, 6) is 0.141. The number of carbonyl (C=O) groups excluding carboxylic acids is 2. The first-order valence-corrected chi connectivity index (χ1v) is 8.21. The Morgan fingerprint density at radius 3 is 2.32 bits per heavy atom. The largest absolute Gasteiger partial charge is 0.325 e. The van der Waals surface area contributed by atoms with Crippen LogP contribution in [0.5, 0.6) is 0 Å². The lowest BCUT2D eigenvalue weighted by Gasteiger charge is -2.14. The normalized spacial score (nSPS) is 11.7. The molecule has 2 aromatic rings. The molecule has 1 unspecified atom stereocenters. The van der Waals surface area contributed by atoms with E-state index in [1.807, 2.05) is 30.3 Å². The third-order valence-electron chi connectivity index (χ3n) is 2.98. The SMILES string of the molecule is CC(=O)C(SCc1ccccc1)C(=O)Nc1ccc(Cl)cc1. The van der Waals surface area contributed by atoms with Crippen molar-refractivity contribution >= 4 is 40.7 Å². The number of benzene rings is 2. The third-order valence-corrected chi connectivity index (χ3v) is 4.61. The van der Waals surface area contributed by atoms with Gasteiger partial charge in [0.15, 0.2) is 5.78 Å². The first-order chi connectivity index (χ1) is 10.6. The number of nitrogens with one attached hydrogen (secondary N) is 1. The van der Waals surface area contributed by atoms with Gasteiger partial charge in [0, 0.05) is 16.5 Å². The van der Waals surface area contributed by atoms with Crippen molar-refractivity contribution in [2.45, 2.75) is 17.9 Å². The van der Waals surface area contributed by atoms with Crippen molar-refractivity contribution < 1.29 is 9.59 Å². The number of thioether (sulfide) groups is 1. The first kappa shape index (κ1) is 16.6. The molecule has 2 aromatic carbocycles. The van der Waals surface area contributed by atoms with E-state index in [2.05, 4.69) is 5.32 Å². The summed E-state index contributed by atoms with van der Waals surface area (Å²) in [7, 11) is 0. The zero-order valence-electron chi connectivity index (χ0n) is 12.1. The van der Waals surface area contributed by atoms with Crippen LogP contribution in [0.2, 0.25) is 5.02 Å². The minimum absolute atomic E-state index is 0.160. The molecule has 2 rings (SSSR count). The van der Waals surface area contributed by atoms with E-state index in [-0.39, 0.29) is 11.7 Å². The predicted octanol–water partition coefficient (Wildman–Crippen LogP) is 4.17. The Balaban J connectivity index is 1.99. The van der Waals surface area contributed by atoms with Gasteiger partial charge in [0.1, 0.15) is 5.25 Å². The Hall–Kier alpha value is -1.78. The molecule has 1 N–H and O–H groups in total. The molecule has 114 valence electrons. The zero-order valence-corrected chi connectivity index (χ0v) is 13.7. The van der Waals surface area contributed by atoms with Crippen molar-refractivity contribution in [2.75, 3.05) is 5.32 Å². The molecule has 0 radical (unpaired) electrons. The molecule has 0 saturated heterocycles. The van der Waals surface area contributed by atoms with Gasteiger partial charge < -0.3 is 5.32 Å². The summed E-state index contributed by atoms with van der Waals surface area (Å²) in [5, 5.41) is 2.62. The predicted molar refractivity (Wildman–Crippen MR) is 92.3 cm³/mol. The maximum atomic E-state index is 12.3. The Kier molecular flexibility index (Phi) is 6.04. The summed E-state index contributed by atoms with van der Waals surface area (Å²) < 4.78 is 0. The lowest BCUT2D eigenvalue weighted by molar-refractivity contribution is -0.123. The van der Waals surface area contributed by atoms with Gasteiger partial charge in [-0.05, 0) is 36.8 Å². The van der Waals surface area contributed by atoms with Crippen molar-refractivity contribution in [3.05, 3.63) is 65.2 Å². The summed E-state index contributed by atoms with van der Waals surface area (Å²) in [4.78, 5) is 24.0. The van der Waals surface area contributed by atoms with Crippen LogP contribution in [-0.2, 0) is 15.3 Å². The molecule has 0 heterocycles. The molecule has 0 aromatic heterocycles. The Labute approximate surface area is 139 Å². The summed E-state index contributed by atoms with van der Waals surface area (Å²) >= 11 is 7.13. The minimum atomic E-state index is -0.726. The molecule has 0 aliphatic heterocycles. The number of halogens is 1. The quantitative estimate of drug-likeness (QED) is 0.807. The zero-order chi connectivity index (χ0) is 15.9. The fourth-order valence-corrected chi connectivity index (χ4v) is 3.00. The summed E-state index contributed by atoms with van der Waals surface area (Å²) in [6, 6.07) is 16.6. The fourth-order valence-electron chi connectivity index (χ4n) is 1.87. The van der Waals surface area contributed by atoms with Crippen molar-refractivity contribution in [2.24, 2.45) is 0 Å². The molecule has 1 atom stereocenters. The van der Waals surface area contributed by atoms with Crippen LogP contribution in [0.1, 0.15) is 12.5 Å². The third kappa shape index (κ3) is 4.90. The number of carbonyl (C=O) groups is 2. The number of rotatable bonds is 6. The smallest absolute Gasteiger partial charge is 0.245 e. The summed E-state index contributed by atoms with van der Waals surface area (Å²) in [6.45, 7) is 1.43. The van der Waals surface area contributed by atoms with Crippen molar-refractivity contribution in [1.82, 2.24) is 0 Å². The van der Waals surface area contributed by atoms with E-state index in [1.165, 1.54) is 18.7 Å². The van der Waals surface area contributed by atoms with Crippen LogP contribution >= 0.6 is 23.4 Å². The van der Waals surface area contributed by atoms with Gasteiger partial charge in [-0.2, -0.15) is 0 Å². The average molecular weight is 334 g/mol. The topological polar surface area (TPSA) is 46.2 Å². The van der Waals surface area contributed by atoms with Crippen LogP contribution in [0.4, 0.5) is 5.69 Å². The molecule has 1 amide bonds. The number of amides is 1. The van der Waals surface area contributed by atoms with Crippen LogP contribution in [0.25, 0.3) is 0 Å². The molecule has 5 heteroatoms. The van der Waals surface area contributed by atoms with Gasteiger partial charge in [-0.15, -0.1) is 11.8 Å². The maximum absolute atomic E-state index is 12.3. The van der Waals surface area contributed by atoms with Crippen LogP contribution in [0, 0.1) is 0 Å². The van der Waals surface area contributed by atoms with Crippen molar-refractivity contribution in [3.63, 3.8) is 0 Å². The molecular weight excluding hydrogens is 318 g/mol. The van der Waals surface area contributed by atoms with Crippen LogP contribution < -0.4 is 5.32 Å². The molecule has 0 fully saturated rings. The van der Waals surface area contributed by atoms with Crippen LogP contribution in [-0.4, -0.2) is 16.9 Å². The standard InChI is InChI=1S/C17H16ClNO2S/c1-12(20)16(22-11-13-5-3-2-4-6-13)17(21)19-15-9-7-14(18)8-10-15/h2-10,16H,11H2,1H3,(H,19,21). The van der Waals surface area contributed by atoms with Crippen LogP contribution in [0.3, 0.4) is 0 Å². The van der Waals surface area contributed by atoms with Crippen molar-refractivity contribution in [3.8, 4) is 0 Å². The Morgan fingerprint density at radius 1 is 1.09 bits per heavy atom. The molecular formula is C17H16ClNO2S. The van der Waals surface area contributed by atoms with Gasteiger partial charge in [0.05, 0.1) is 0 Å². The molecule has 22 heavy (non-hydrogen) atoms. The highest BCUT2D eigenvalue weighted by atomic mass is 35.5. The highest BCUT2D eigenvalue weighted by molar-refractivity contribution is 8.00. The van der Waals surface area contributed by atoms with E-state index < -0.39 is 5.25 Å². The number of ketones is 1. The average Bonchev–Trinajstić information content (AvgIpc) is 2.50. The van der Waals surface area contributed by atoms with E-state index in [4.69, 9.17) is 11.6 Å². The monoisotopic (exact) mass is 333 g/mol. The van der Waals surface area contributed by atoms with Crippen molar-refractivity contribution in [1.29, 1.82) is 0 Å². The van der Waals surface area contributed by atoms with E-state index in [1.54, 1.807) is 24.3 Å². The number of hydrogen-bond donors (Lipinski definition) is 1.